The lowest BCUT2D eigenvalue weighted by molar-refractivity contribution is 0.241. The van der Waals surface area contributed by atoms with Crippen LogP contribution in [0, 0.1) is 18.6 Å². The molecule has 2 aromatic carbocycles. The van der Waals surface area contributed by atoms with Crippen molar-refractivity contribution in [2.75, 3.05) is 0 Å². The molecule has 3 rings (SSSR count). The summed E-state index contributed by atoms with van der Waals surface area (Å²) in [5.74, 6) is 0.107. The highest BCUT2D eigenvalue weighted by Crippen LogP contribution is 2.38. The molecule has 0 radical (unpaired) electrons. The van der Waals surface area contributed by atoms with E-state index in [9.17, 15) is 8.78 Å². The van der Waals surface area contributed by atoms with Crippen LogP contribution in [-0.2, 0) is 0 Å². The number of H-pyrrole nitrogens is 1. The summed E-state index contributed by atoms with van der Waals surface area (Å²) in [5.41, 5.74) is 2.54. The van der Waals surface area contributed by atoms with Gasteiger partial charge in [-0.2, -0.15) is 0 Å². The van der Waals surface area contributed by atoms with E-state index in [0.29, 0.717) is 22.7 Å². The van der Waals surface area contributed by atoms with E-state index in [0.717, 1.165) is 17.2 Å². The molecule has 0 unspecified atom stereocenters. The Labute approximate surface area is 139 Å². The molecule has 1 aromatic heterocycles. The highest BCUT2D eigenvalue weighted by atomic mass is 19.1. The molecule has 1 N–H and O–H groups in total. The number of halogens is 2. The molecule has 5 heteroatoms. The van der Waals surface area contributed by atoms with Crippen molar-refractivity contribution in [2.45, 2.75) is 26.9 Å². The molecule has 0 saturated heterocycles. The molecule has 1 heterocycles. The molecule has 0 bridgehead atoms. The molecule has 0 aliphatic heterocycles. The first-order valence-electron chi connectivity index (χ1n) is 7.73. The van der Waals surface area contributed by atoms with Crippen molar-refractivity contribution in [3.8, 4) is 28.3 Å². The summed E-state index contributed by atoms with van der Waals surface area (Å²) in [4.78, 5) is 7.35. The van der Waals surface area contributed by atoms with Crippen molar-refractivity contribution in [3.05, 3.63) is 59.9 Å². The number of ether oxygens (including phenoxy) is 1. The van der Waals surface area contributed by atoms with Crippen molar-refractivity contribution in [1.29, 1.82) is 0 Å². The maximum atomic E-state index is 14.3. The minimum absolute atomic E-state index is 0.0153. The van der Waals surface area contributed by atoms with E-state index in [1.54, 1.807) is 24.5 Å². The lowest BCUT2D eigenvalue weighted by Crippen LogP contribution is -2.07. The molecule has 0 amide bonds. The SMILES string of the molecule is Cc1c(OC(C)C)ccc(-c2ccc(F)cc2F)c1-c1ncc[nH]1. The number of hydrogen-bond donors (Lipinski definition) is 1. The third kappa shape index (κ3) is 3.02. The van der Waals surface area contributed by atoms with Crippen LogP contribution in [0.2, 0.25) is 0 Å². The molecule has 0 atom stereocenters. The summed E-state index contributed by atoms with van der Waals surface area (Å²) < 4.78 is 33.4. The zero-order valence-electron chi connectivity index (χ0n) is 13.7. The van der Waals surface area contributed by atoms with Gasteiger partial charge in [-0.3, -0.25) is 0 Å². The predicted molar refractivity (Wildman–Crippen MR) is 89.9 cm³/mol. The van der Waals surface area contributed by atoms with Gasteiger partial charge in [-0.15, -0.1) is 0 Å². The monoisotopic (exact) mass is 328 g/mol. The second kappa shape index (κ2) is 6.43. The van der Waals surface area contributed by atoms with Crippen LogP contribution < -0.4 is 4.74 Å². The Hall–Kier alpha value is -2.69. The second-order valence-corrected chi connectivity index (χ2v) is 5.84. The van der Waals surface area contributed by atoms with Crippen LogP contribution in [0.25, 0.3) is 22.5 Å². The van der Waals surface area contributed by atoms with Gasteiger partial charge in [0, 0.05) is 35.2 Å². The quantitative estimate of drug-likeness (QED) is 0.722. The molecule has 0 aliphatic carbocycles. The van der Waals surface area contributed by atoms with Crippen LogP contribution >= 0.6 is 0 Å². The van der Waals surface area contributed by atoms with E-state index in [2.05, 4.69) is 9.97 Å². The Kier molecular flexibility index (Phi) is 4.34. The van der Waals surface area contributed by atoms with Gasteiger partial charge in [0.25, 0.3) is 0 Å². The van der Waals surface area contributed by atoms with Crippen molar-refractivity contribution >= 4 is 0 Å². The van der Waals surface area contributed by atoms with Crippen LogP contribution in [0.3, 0.4) is 0 Å². The van der Waals surface area contributed by atoms with Crippen molar-refractivity contribution in [3.63, 3.8) is 0 Å². The number of aromatic nitrogens is 2. The molecular weight excluding hydrogens is 310 g/mol. The van der Waals surface area contributed by atoms with Gasteiger partial charge in [-0.05, 0) is 50.6 Å². The van der Waals surface area contributed by atoms with E-state index in [4.69, 9.17) is 4.74 Å². The molecule has 24 heavy (non-hydrogen) atoms. The van der Waals surface area contributed by atoms with E-state index in [1.165, 1.54) is 12.1 Å². The van der Waals surface area contributed by atoms with Crippen LogP contribution in [0.15, 0.2) is 42.7 Å². The summed E-state index contributed by atoms with van der Waals surface area (Å²) in [7, 11) is 0. The fourth-order valence-electron chi connectivity index (χ4n) is 2.71. The first kappa shape index (κ1) is 16.2. The van der Waals surface area contributed by atoms with Gasteiger partial charge in [0.15, 0.2) is 0 Å². The first-order chi connectivity index (χ1) is 11.5. The van der Waals surface area contributed by atoms with Gasteiger partial charge >= 0.3 is 0 Å². The Morgan fingerprint density at radius 1 is 1.08 bits per heavy atom. The highest BCUT2D eigenvalue weighted by molar-refractivity contribution is 5.84. The zero-order chi connectivity index (χ0) is 17.3. The Morgan fingerprint density at radius 2 is 1.83 bits per heavy atom. The van der Waals surface area contributed by atoms with Gasteiger partial charge in [0.05, 0.1) is 6.10 Å². The van der Waals surface area contributed by atoms with E-state index in [1.807, 2.05) is 20.8 Å². The standard InChI is InChI=1S/C19H18F2N2O/c1-11(2)24-17-7-6-15(14-5-4-13(20)10-16(14)21)18(12(17)3)19-22-8-9-23-19/h4-11H,1-3H3,(H,22,23). The fraction of sp³-hybridized carbons (Fsp3) is 0.211. The average Bonchev–Trinajstić information content (AvgIpc) is 3.03. The fourth-order valence-corrected chi connectivity index (χ4v) is 2.71. The molecule has 0 aliphatic rings. The first-order valence-corrected chi connectivity index (χ1v) is 7.73. The minimum Gasteiger partial charge on any atom is -0.491 e. The summed E-state index contributed by atoms with van der Waals surface area (Å²) >= 11 is 0. The lowest BCUT2D eigenvalue weighted by atomic mass is 9.94. The molecule has 0 saturated carbocycles. The highest BCUT2D eigenvalue weighted by Gasteiger charge is 2.19. The smallest absolute Gasteiger partial charge is 0.138 e. The van der Waals surface area contributed by atoms with Gasteiger partial charge in [0.2, 0.25) is 0 Å². The van der Waals surface area contributed by atoms with Crippen molar-refractivity contribution in [2.24, 2.45) is 0 Å². The molecular formula is C19H18F2N2O. The summed E-state index contributed by atoms with van der Waals surface area (Å²) in [6, 6.07) is 7.15. The Bertz CT molecular complexity index is 858. The third-order valence-electron chi connectivity index (χ3n) is 3.73. The largest absolute Gasteiger partial charge is 0.491 e. The van der Waals surface area contributed by atoms with Crippen LogP contribution in [-0.4, -0.2) is 16.1 Å². The van der Waals surface area contributed by atoms with E-state index in [-0.39, 0.29) is 6.10 Å². The molecule has 3 nitrogen and oxygen atoms in total. The van der Waals surface area contributed by atoms with E-state index >= 15 is 0 Å². The van der Waals surface area contributed by atoms with Gasteiger partial charge in [0.1, 0.15) is 23.2 Å². The average molecular weight is 328 g/mol. The molecule has 3 aromatic rings. The number of benzene rings is 2. The molecule has 0 fully saturated rings. The maximum absolute atomic E-state index is 14.3. The van der Waals surface area contributed by atoms with Crippen molar-refractivity contribution in [1.82, 2.24) is 9.97 Å². The summed E-state index contributed by atoms with van der Waals surface area (Å²) in [6.07, 6.45) is 3.35. The normalized spacial score (nSPS) is 11.1. The Morgan fingerprint density at radius 3 is 2.46 bits per heavy atom. The number of hydrogen-bond acceptors (Lipinski definition) is 2. The minimum atomic E-state index is -0.611. The second-order valence-electron chi connectivity index (χ2n) is 5.84. The lowest BCUT2D eigenvalue weighted by Gasteiger charge is -2.18. The number of aromatic amines is 1. The zero-order valence-corrected chi connectivity index (χ0v) is 13.7. The van der Waals surface area contributed by atoms with Crippen LogP contribution in [0.4, 0.5) is 8.78 Å². The van der Waals surface area contributed by atoms with Crippen molar-refractivity contribution < 1.29 is 13.5 Å². The van der Waals surface area contributed by atoms with Gasteiger partial charge < -0.3 is 9.72 Å². The maximum Gasteiger partial charge on any atom is 0.138 e. The van der Waals surface area contributed by atoms with Gasteiger partial charge in [-0.1, -0.05) is 0 Å². The third-order valence-corrected chi connectivity index (χ3v) is 3.73. The number of imidazole rings is 1. The van der Waals surface area contributed by atoms with Crippen LogP contribution in [0.5, 0.6) is 5.75 Å². The molecule has 124 valence electrons. The van der Waals surface area contributed by atoms with Crippen LogP contribution in [0.1, 0.15) is 19.4 Å². The summed E-state index contributed by atoms with van der Waals surface area (Å²) in [6.45, 7) is 5.79. The van der Waals surface area contributed by atoms with E-state index < -0.39 is 11.6 Å². The van der Waals surface area contributed by atoms with Gasteiger partial charge in [-0.25, -0.2) is 13.8 Å². The number of nitrogens with one attached hydrogen (secondary N) is 1. The number of rotatable bonds is 4. The Balaban J connectivity index is 2.24. The topological polar surface area (TPSA) is 37.9 Å². The molecule has 0 spiro atoms. The number of nitrogens with zero attached hydrogens (tertiary/aromatic N) is 1. The predicted octanol–water partition coefficient (Wildman–Crippen LogP) is 5.12. The summed E-state index contributed by atoms with van der Waals surface area (Å²) in [5, 5.41) is 0.